The lowest BCUT2D eigenvalue weighted by atomic mass is 9.69. The molecule has 1 saturated carbocycles. The monoisotopic (exact) mass is 569 g/mol. The number of aryl methyl sites for hydroxylation is 1. The molecule has 40 heavy (non-hydrogen) atoms. The summed E-state index contributed by atoms with van der Waals surface area (Å²) >= 11 is 0. The fourth-order valence-electron chi connectivity index (χ4n) is 5.36. The predicted molar refractivity (Wildman–Crippen MR) is 145 cm³/mol. The van der Waals surface area contributed by atoms with Crippen molar-refractivity contribution in [2.45, 2.75) is 63.3 Å². The number of pyridine rings is 1. The summed E-state index contributed by atoms with van der Waals surface area (Å²) < 4.78 is 57.3. The van der Waals surface area contributed by atoms with Crippen LogP contribution in [0.25, 0.3) is 22.4 Å². The smallest absolute Gasteiger partial charge is 0.305 e. The van der Waals surface area contributed by atoms with Crippen molar-refractivity contribution in [3.8, 4) is 11.4 Å². The van der Waals surface area contributed by atoms with Gasteiger partial charge >= 0.3 is 5.97 Å². The van der Waals surface area contributed by atoms with E-state index in [4.69, 9.17) is 0 Å². The van der Waals surface area contributed by atoms with Crippen molar-refractivity contribution in [2.24, 2.45) is 5.41 Å². The SMILES string of the molecule is Cc1ccc(S(=O)(=O)n2cc(-c3ncc(F)c(NC(CC(=O)O)C4(C)CCCCC4)n3)c3cc(F)cnc32)cc1. The van der Waals surface area contributed by atoms with E-state index in [-0.39, 0.29) is 45.0 Å². The zero-order chi connectivity index (χ0) is 28.7. The Morgan fingerprint density at radius 2 is 1.82 bits per heavy atom. The number of hydrogen-bond donors (Lipinski definition) is 2. The van der Waals surface area contributed by atoms with Crippen molar-refractivity contribution < 1.29 is 27.1 Å². The van der Waals surface area contributed by atoms with Gasteiger partial charge < -0.3 is 10.4 Å². The number of carboxylic acid groups (broad SMARTS) is 1. The van der Waals surface area contributed by atoms with E-state index < -0.39 is 33.7 Å². The van der Waals surface area contributed by atoms with Gasteiger partial charge in [0.15, 0.2) is 23.1 Å². The molecule has 1 fully saturated rings. The standard InChI is InChI=1S/C28H29F2N5O4S/c1-17-6-8-19(9-7-17)40(38,39)35-16-21(20-12-18(29)14-32-27(20)35)25-31-15-22(30)26(34-25)33-23(13-24(36)37)28(2)10-4-3-5-11-28/h6-9,12,14-16,23H,3-5,10-11,13H2,1-2H3,(H,36,37)(H,31,33,34). The van der Waals surface area contributed by atoms with Crippen LogP contribution in [-0.4, -0.2) is 44.5 Å². The largest absolute Gasteiger partial charge is 0.481 e. The number of aromatic nitrogens is 4. The van der Waals surface area contributed by atoms with Gasteiger partial charge in [-0.3, -0.25) is 4.79 Å². The highest BCUT2D eigenvalue weighted by molar-refractivity contribution is 7.90. The molecule has 0 bridgehead atoms. The molecule has 0 saturated heterocycles. The molecule has 1 atom stereocenters. The van der Waals surface area contributed by atoms with Crippen molar-refractivity contribution in [3.63, 3.8) is 0 Å². The summed E-state index contributed by atoms with van der Waals surface area (Å²) in [4.78, 5) is 24.1. The zero-order valence-electron chi connectivity index (χ0n) is 22.1. The van der Waals surface area contributed by atoms with Crippen LogP contribution in [0.2, 0.25) is 0 Å². The quantitative estimate of drug-likeness (QED) is 0.283. The van der Waals surface area contributed by atoms with Crippen molar-refractivity contribution in [2.75, 3.05) is 5.32 Å². The van der Waals surface area contributed by atoms with Gasteiger partial charge in [-0.1, -0.05) is 43.9 Å². The molecule has 9 nitrogen and oxygen atoms in total. The van der Waals surface area contributed by atoms with Crippen LogP contribution >= 0.6 is 0 Å². The molecule has 4 aromatic rings. The molecular formula is C28H29F2N5O4S. The minimum absolute atomic E-state index is 0.00675. The normalized spacial score (nSPS) is 16.1. The summed E-state index contributed by atoms with van der Waals surface area (Å²) in [6.07, 6.45) is 7.35. The van der Waals surface area contributed by atoms with Crippen LogP contribution in [0.3, 0.4) is 0 Å². The summed E-state index contributed by atoms with van der Waals surface area (Å²) in [6.45, 7) is 3.82. The Morgan fingerprint density at radius 3 is 2.50 bits per heavy atom. The fourth-order valence-corrected chi connectivity index (χ4v) is 6.68. The number of hydrogen-bond acceptors (Lipinski definition) is 7. The van der Waals surface area contributed by atoms with Crippen LogP contribution in [0.5, 0.6) is 0 Å². The number of halogens is 2. The van der Waals surface area contributed by atoms with Gasteiger partial charge in [-0.25, -0.2) is 36.1 Å². The topological polar surface area (TPSA) is 127 Å². The molecule has 1 aliphatic carbocycles. The van der Waals surface area contributed by atoms with E-state index in [1.54, 1.807) is 12.1 Å². The number of rotatable bonds is 8. The second-order valence-electron chi connectivity index (χ2n) is 10.6. The van der Waals surface area contributed by atoms with Crippen molar-refractivity contribution in [3.05, 3.63) is 66.1 Å². The summed E-state index contributed by atoms with van der Waals surface area (Å²) in [6, 6.07) is 6.76. The molecule has 3 aromatic heterocycles. The van der Waals surface area contributed by atoms with Crippen molar-refractivity contribution >= 4 is 32.8 Å². The Kier molecular flexibility index (Phi) is 7.30. The zero-order valence-corrected chi connectivity index (χ0v) is 22.9. The Bertz CT molecular complexity index is 1680. The molecule has 0 spiro atoms. The average Bonchev–Trinajstić information content (AvgIpc) is 3.29. The third-order valence-corrected chi connectivity index (χ3v) is 9.33. The summed E-state index contributed by atoms with van der Waals surface area (Å²) in [5, 5.41) is 12.7. The molecule has 12 heteroatoms. The molecule has 2 N–H and O–H groups in total. The highest BCUT2D eigenvalue weighted by Crippen LogP contribution is 2.41. The molecule has 3 heterocycles. The predicted octanol–water partition coefficient (Wildman–Crippen LogP) is 5.54. The van der Waals surface area contributed by atoms with Crippen molar-refractivity contribution in [1.82, 2.24) is 18.9 Å². The molecule has 0 aliphatic heterocycles. The number of carbonyl (C=O) groups is 1. The first-order chi connectivity index (χ1) is 19.0. The summed E-state index contributed by atoms with van der Waals surface area (Å²) in [5.74, 6) is -2.80. The Labute approximate surface area is 230 Å². The number of nitrogens with one attached hydrogen (secondary N) is 1. The first-order valence-electron chi connectivity index (χ1n) is 13.0. The molecule has 210 valence electrons. The van der Waals surface area contributed by atoms with Gasteiger partial charge in [0.1, 0.15) is 5.82 Å². The number of nitrogens with zero attached hydrogens (tertiary/aromatic N) is 4. The number of fused-ring (bicyclic) bond motifs is 1. The second-order valence-corrected chi connectivity index (χ2v) is 12.4. The first kappa shape index (κ1) is 27.6. The van der Waals surface area contributed by atoms with Gasteiger partial charge in [-0.05, 0) is 43.4 Å². The van der Waals surface area contributed by atoms with Gasteiger partial charge in [0, 0.05) is 23.2 Å². The number of carboxylic acids is 1. The van der Waals surface area contributed by atoms with Crippen LogP contribution < -0.4 is 5.32 Å². The third-order valence-electron chi connectivity index (χ3n) is 7.67. The third kappa shape index (κ3) is 5.27. The minimum atomic E-state index is -4.13. The van der Waals surface area contributed by atoms with Gasteiger partial charge in [0.25, 0.3) is 10.0 Å². The molecular weight excluding hydrogens is 540 g/mol. The van der Waals surface area contributed by atoms with E-state index in [1.165, 1.54) is 18.3 Å². The van der Waals surface area contributed by atoms with Crippen LogP contribution in [0.1, 0.15) is 51.0 Å². The molecule has 1 aliphatic rings. The van der Waals surface area contributed by atoms with E-state index in [0.29, 0.717) is 0 Å². The summed E-state index contributed by atoms with van der Waals surface area (Å²) in [7, 11) is -4.13. The van der Waals surface area contributed by atoms with Crippen LogP contribution in [0.4, 0.5) is 14.6 Å². The maximum absolute atomic E-state index is 15.0. The molecule has 0 amide bonds. The number of aliphatic carboxylic acids is 1. The second kappa shape index (κ2) is 10.6. The molecule has 1 aromatic carbocycles. The van der Waals surface area contributed by atoms with Crippen LogP contribution in [0, 0.1) is 24.0 Å². The Balaban J connectivity index is 1.60. The molecule has 1 unspecified atom stereocenters. The Hall–Kier alpha value is -3.93. The maximum Gasteiger partial charge on any atom is 0.305 e. The lowest BCUT2D eigenvalue weighted by molar-refractivity contribution is -0.138. The van der Waals surface area contributed by atoms with E-state index in [1.807, 2.05) is 13.8 Å². The summed E-state index contributed by atoms with van der Waals surface area (Å²) in [5.41, 5.74) is 0.567. The van der Waals surface area contributed by atoms with Gasteiger partial charge in [-0.2, -0.15) is 0 Å². The number of anilines is 1. The van der Waals surface area contributed by atoms with Crippen LogP contribution in [0.15, 0.2) is 53.8 Å². The van der Waals surface area contributed by atoms with Gasteiger partial charge in [0.05, 0.1) is 23.7 Å². The Morgan fingerprint density at radius 1 is 1.12 bits per heavy atom. The van der Waals surface area contributed by atoms with E-state index in [0.717, 1.165) is 60.1 Å². The van der Waals surface area contributed by atoms with E-state index in [9.17, 15) is 27.1 Å². The van der Waals surface area contributed by atoms with Crippen molar-refractivity contribution in [1.29, 1.82) is 0 Å². The highest BCUT2D eigenvalue weighted by atomic mass is 32.2. The lowest BCUT2D eigenvalue weighted by Gasteiger charge is -2.40. The number of benzene rings is 1. The highest BCUT2D eigenvalue weighted by Gasteiger charge is 2.37. The van der Waals surface area contributed by atoms with E-state index in [2.05, 4.69) is 20.3 Å². The fraction of sp³-hybridized carbons (Fsp3) is 0.357. The van der Waals surface area contributed by atoms with E-state index >= 15 is 0 Å². The maximum atomic E-state index is 15.0. The lowest BCUT2D eigenvalue weighted by Crippen LogP contribution is -2.42. The first-order valence-corrected chi connectivity index (χ1v) is 14.4. The van der Waals surface area contributed by atoms with Gasteiger partial charge in [-0.15, -0.1) is 0 Å². The molecule has 0 radical (unpaired) electrons. The van der Waals surface area contributed by atoms with Crippen LogP contribution in [-0.2, 0) is 14.8 Å². The minimum Gasteiger partial charge on any atom is -0.481 e. The molecule has 5 rings (SSSR count). The average molecular weight is 570 g/mol. The van der Waals surface area contributed by atoms with Gasteiger partial charge in [0.2, 0.25) is 0 Å².